The van der Waals surface area contributed by atoms with Crippen molar-refractivity contribution in [3.8, 4) is 0 Å². The Balaban J connectivity index is 0.000000604. The first-order valence-electron chi connectivity index (χ1n) is 12.8. The van der Waals surface area contributed by atoms with Gasteiger partial charge in [0, 0.05) is 19.6 Å². The zero-order chi connectivity index (χ0) is 27.1. The van der Waals surface area contributed by atoms with E-state index < -0.39 is 12.1 Å². The van der Waals surface area contributed by atoms with Crippen LogP contribution in [0, 0.1) is 5.92 Å². The number of halogens is 3. The fraction of sp³-hybridized carbons (Fsp3) is 0.500. The second-order valence-corrected chi connectivity index (χ2v) is 9.27. The number of likely N-dealkylation sites (tertiary alicyclic amines) is 1. The van der Waals surface area contributed by atoms with E-state index in [1.165, 1.54) is 43.5 Å². The van der Waals surface area contributed by atoms with Crippen molar-refractivity contribution in [3.63, 3.8) is 0 Å². The van der Waals surface area contributed by atoms with Crippen LogP contribution in [0.5, 0.6) is 0 Å². The van der Waals surface area contributed by atoms with Gasteiger partial charge in [-0.15, -0.1) is 0 Å². The Labute approximate surface area is 217 Å². The molecule has 2 aromatic carbocycles. The van der Waals surface area contributed by atoms with E-state index in [0.717, 1.165) is 38.4 Å². The fourth-order valence-corrected chi connectivity index (χ4v) is 4.25. The van der Waals surface area contributed by atoms with Crippen LogP contribution in [0.2, 0.25) is 0 Å². The Morgan fingerprint density at radius 3 is 2.05 bits per heavy atom. The molecule has 2 N–H and O–H groups in total. The van der Waals surface area contributed by atoms with E-state index in [-0.39, 0.29) is 6.03 Å². The van der Waals surface area contributed by atoms with Gasteiger partial charge in [0.05, 0.1) is 0 Å². The normalized spacial score (nSPS) is 14.4. The molecule has 37 heavy (non-hydrogen) atoms. The van der Waals surface area contributed by atoms with Gasteiger partial charge in [-0.2, -0.15) is 13.2 Å². The third kappa shape index (κ3) is 12.1. The molecule has 0 aromatic heterocycles. The fourth-order valence-electron chi connectivity index (χ4n) is 4.25. The number of hydrogen-bond acceptors (Lipinski definition) is 3. The minimum atomic E-state index is -5.08. The summed E-state index contributed by atoms with van der Waals surface area (Å²) in [5.74, 6) is -1.95. The van der Waals surface area contributed by atoms with E-state index in [9.17, 15) is 18.0 Å². The molecule has 0 aliphatic carbocycles. The first kappa shape index (κ1) is 30.2. The van der Waals surface area contributed by atoms with Gasteiger partial charge < -0.3 is 20.2 Å². The van der Waals surface area contributed by atoms with Crippen LogP contribution in [-0.4, -0.2) is 65.8 Å². The zero-order valence-electron chi connectivity index (χ0n) is 21.4. The largest absolute Gasteiger partial charge is 0.490 e. The lowest BCUT2D eigenvalue weighted by Gasteiger charge is -2.32. The number of carbonyl (C=O) groups excluding carboxylic acids is 1. The quantitative estimate of drug-likeness (QED) is 0.428. The van der Waals surface area contributed by atoms with Crippen LogP contribution in [0.3, 0.4) is 0 Å². The van der Waals surface area contributed by atoms with Gasteiger partial charge in [-0.25, -0.2) is 9.59 Å². The van der Waals surface area contributed by atoms with Crippen molar-refractivity contribution in [3.05, 3.63) is 71.8 Å². The molecule has 6 nitrogen and oxygen atoms in total. The summed E-state index contributed by atoms with van der Waals surface area (Å²) < 4.78 is 31.7. The Morgan fingerprint density at radius 2 is 1.54 bits per heavy atom. The van der Waals surface area contributed by atoms with Gasteiger partial charge in [0.1, 0.15) is 0 Å². The predicted octanol–water partition coefficient (Wildman–Crippen LogP) is 5.59. The van der Waals surface area contributed by atoms with E-state index >= 15 is 0 Å². The number of carbonyl (C=O) groups is 2. The molecule has 1 aliphatic heterocycles. The van der Waals surface area contributed by atoms with E-state index in [1.807, 2.05) is 23.1 Å². The topological polar surface area (TPSA) is 72.9 Å². The van der Waals surface area contributed by atoms with Gasteiger partial charge in [0.15, 0.2) is 0 Å². The number of hydrogen-bond donors (Lipinski definition) is 2. The molecular weight excluding hydrogens is 483 g/mol. The van der Waals surface area contributed by atoms with Crippen molar-refractivity contribution in [1.29, 1.82) is 0 Å². The summed E-state index contributed by atoms with van der Waals surface area (Å²) in [5.41, 5.74) is 2.65. The van der Waals surface area contributed by atoms with E-state index in [4.69, 9.17) is 9.90 Å². The highest BCUT2D eigenvalue weighted by Gasteiger charge is 2.38. The maximum absolute atomic E-state index is 12.6. The molecule has 1 saturated heterocycles. The third-order valence-corrected chi connectivity index (χ3v) is 6.25. The van der Waals surface area contributed by atoms with Gasteiger partial charge in [0.2, 0.25) is 0 Å². The number of rotatable bonds is 10. The Hall–Kier alpha value is -3.07. The van der Waals surface area contributed by atoms with Gasteiger partial charge in [0.25, 0.3) is 0 Å². The zero-order valence-corrected chi connectivity index (χ0v) is 21.4. The van der Waals surface area contributed by atoms with Crippen LogP contribution >= 0.6 is 0 Å². The van der Waals surface area contributed by atoms with Crippen molar-refractivity contribution in [2.75, 3.05) is 32.7 Å². The lowest BCUT2D eigenvalue weighted by molar-refractivity contribution is -0.192. The molecule has 2 aromatic rings. The average molecular weight is 522 g/mol. The van der Waals surface area contributed by atoms with Crippen LogP contribution < -0.4 is 5.32 Å². The standard InChI is InChI=1S/C26H37N3O.C2HF3O2/c1-2-16-27-26(30)29(22-25-12-7-4-8-13-25)18-9-17-28-19-14-24(15-20-28)21-23-10-5-3-6-11-23;3-2(4,5)1(6)7/h3-8,10-13,24H,2,9,14-22H2,1H3,(H,27,30);(H,6,7). The number of nitrogens with zero attached hydrogens (tertiary/aromatic N) is 2. The van der Waals surface area contributed by atoms with Crippen LogP contribution in [0.15, 0.2) is 60.7 Å². The predicted molar refractivity (Wildman–Crippen MR) is 138 cm³/mol. The number of amides is 2. The van der Waals surface area contributed by atoms with Crippen molar-refractivity contribution in [1.82, 2.24) is 15.1 Å². The molecule has 0 unspecified atom stereocenters. The van der Waals surface area contributed by atoms with E-state index in [2.05, 4.69) is 59.6 Å². The summed E-state index contributed by atoms with van der Waals surface area (Å²) in [4.78, 5) is 26.0. The smallest absolute Gasteiger partial charge is 0.475 e. The summed E-state index contributed by atoms with van der Waals surface area (Å²) in [6, 6.07) is 21.2. The lowest BCUT2D eigenvalue weighted by Crippen LogP contribution is -2.42. The average Bonchev–Trinajstić information content (AvgIpc) is 2.89. The summed E-state index contributed by atoms with van der Waals surface area (Å²) in [6.07, 6.45) is 0.662. The highest BCUT2D eigenvalue weighted by molar-refractivity contribution is 5.74. The number of aliphatic carboxylic acids is 1. The maximum Gasteiger partial charge on any atom is 0.490 e. The molecule has 0 saturated carbocycles. The van der Waals surface area contributed by atoms with E-state index in [1.54, 1.807) is 0 Å². The van der Waals surface area contributed by atoms with Gasteiger partial charge in [-0.1, -0.05) is 67.6 Å². The lowest BCUT2D eigenvalue weighted by atomic mass is 9.90. The summed E-state index contributed by atoms with van der Waals surface area (Å²) in [6.45, 7) is 7.73. The summed E-state index contributed by atoms with van der Waals surface area (Å²) in [7, 11) is 0. The molecule has 1 aliphatic rings. The minimum absolute atomic E-state index is 0.0577. The molecule has 1 heterocycles. The molecule has 0 atom stereocenters. The second kappa shape index (κ2) is 15.9. The monoisotopic (exact) mass is 521 g/mol. The SMILES string of the molecule is CCCNC(=O)N(CCCN1CCC(Cc2ccccc2)CC1)Cc1ccccc1.O=C(O)C(F)(F)F. The first-order valence-corrected chi connectivity index (χ1v) is 12.8. The summed E-state index contributed by atoms with van der Waals surface area (Å²) >= 11 is 0. The third-order valence-electron chi connectivity index (χ3n) is 6.25. The Bertz CT molecular complexity index is 919. The number of carboxylic acids is 1. The molecule has 0 spiro atoms. The highest BCUT2D eigenvalue weighted by atomic mass is 19.4. The maximum atomic E-state index is 12.6. The molecule has 2 amide bonds. The number of urea groups is 1. The molecular formula is C28H38F3N3O3. The Kier molecular flexibility index (Phi) is 13.0. The number of piperidine rings is 1. The van der Waals surface area contributed by atoms with Crippen molar-refractivity contribution in [2.45, 2.75) is 51.7 Å². The van der Waals surface area contributed by atoms with Crippen LogP contribution in [0.1, 0.15) is 43.7 Å². The molecule has 0 bridgehead atoms. The first-order chi connectivity index (χ1) is 17.7. The number of benzene rings is 2. The van der Waals surface area contributed by atoms with Crippen LogP contribution in [0.25, 0.3) is 0 Å². The van der Waals surface area contributed by atoms with Crippen molar-refractivity contribution >= 4 is 12.0 Å². The van der Waals surface area contributed by atoms with Gasteiger partial charge in [-0.3, -0.25) is 0 Å². The number of alkyl halides is 3. The highest BCUT2D eigenvalue weighted by Crippen LogP contribution is 2.22. The number of carboxylic acid groups (broad SMARTS) is 1. The molecule has 0 radical (unpaired) electrons. The summed E-state index contributed by atoms with van der Waals surface area (Å²) in [5, 5.41) is 10.2. The molecule has 1 fully saturated rings. The second-order valence-electron chi connectivity index (χ2n) is 9.27. The van der Waals surface area contributed by atoms with Gasteiger partial charge in [-0.05, 0) is 68.8 Å². The van der Waals surface area contributed by atoms with Crippen LogP contribution in [-0.2, 0) is 17.8 Å². The van der Waals surface area contributed by atoms with Crippen molar-refractivity contribution in [2.24, 2.45) is 5.92 Å². The molecule has 9 heteroatoms. The Morgan fingerprint density at radius 1 is 1.00 bits per heavy atom. The van der Waals surface area contributed by atoms with E-state index in [0.29, 0.717) is 6.54 Å². The minimum Gasteiger partial charge on any atom is -0.475 e. The van der Waals surface area contributed by atoms with Crippen molar-refractivity contribution < 1.29 is 27.9 Å². The van der Waals surface area contributed by atoms with Crippen LogP contribution in [0.4, 0.5) is 18.0 Å². The van der Waals surface area contributed by atoms with Gasteiger partial charge >= 0.3 is 18.2 Å². The molecule has 204 valence electrons. The number of nitrogens with one attached hydrogen (secondary N) is 1. The molecule has 3 rings (SSSR count).